The van der Waals surface area contributed by atoms with Crippen molar-refractivity contribution in [2.45, 2.75) is 25.5 Å². The fourth-order valence-corrected chi connectivity index (χ4v) is 2.03. The Bertz CT molecular complexity index is 371. The zero-order valence-electron chi connectivity index (χ0n) is 7.65. The highest BCUT2D eigenvalue weighted by molar-refractivity contribution is 14.1. The van der Waals surface area contributed by atoms with Crippen LogP contribution in [0.3, 0.4) is 0 Å². The van der Waals surface area contributed by atoms with E-state index >= 15 is 0 Å². The smallest absolute Gasteiger partial charge is 0.266 e. The first-order chi connectivity index (χ1) is 6.77. The lowest BCUT2D eigenvalue weighted by Crippen LogP contribution is -2.27. The lowest BCUT2D eigenvalue weighted by atomic mass is 10.2. The normalized spacial score (nSPS) is 21.4. The van der Waals surface area contributed by atoms with Gasteiger partial charge in [0.15, 0.2) is 0 Å². The summed E-state index contributed by atoms with van der Waals surface area (Å²) in [7, 11) is 0. The van der Waals surface area contributed by atoms with Gasteiger partial charge in [0, 0.05) is 12.8 Å². The topological polar surface area (TPSA) is 44.1 Å². The summed E-state index contributed by atoms with van der Waals surface area (Å²) < 4.78 is 7.74. The molecular formula is C9H11IN2O2. The molecule has 1 fully saturated rings. The van der Waals surface area contributed by atoms with Crippen LogP contribution in [0.4, 0.5) is 0 Å². The molecule has 1 aliphatic rings. The lowest BCUT2D eigenvalue weighted by molar-refractivity contribution is 0.0958. The van der Waals surface area contributed by atoms with Crippen LogP contribution < -0.4 is 5.56 Å². The molecule has 0 aromatic carbocycles. The monoisotopic (exact) mass is 306 g/mol. The van der Waals surface area contributed by atoms with Gasteiger partial charge in [0.05, 0.1) is 22.5 Å². The second-order valence-electron chi connectivity index (χ2n) is 3.33. The van der Waals surface area contributed by atoms with Crippen molar-refractivity contribution in [1.82, 2.24) is 9.55 Å². The molecule has 1 aromatic rings. The number of nitrogens with zero attached hydrogens (tertiary/aromatic N) is 2. The minimum absolute atomic E-state index is 0.0242. The van der Waals surface area contributed by atoms with Crippen molar-refractivity contribution >= 4 is 22.6 Å². The molecule has 0 spiro atoms. The Morgan fingerprint density at radius 2 is 2.57 bits per heavy atom. The SMILES string of the molecule is O=c1c(I)cncn1CC1CCCO1. The van der Waals surface area contributed by atoms with Crippen LogP contribution in [0.1, 0.15) is 12.8 Å². The molecule has 0 amide bonds. The molecule has 0 bridgehead atoms. The Morgan fingerprint density at radius 3 is 3.29 bits per heavy atom. The lowest BCUT2D eigenvalue weighted by Gasteiger charge is -2.10. The minimum atomic E-state index is 0.0242. The van der Waals surface area contributed by atoms with E-state index < -0.39 is 0 Å². The van der Waals surface area contributed by atoms with Gasteiger partial charge in [-0.05, 0) is 35.4 Å². The van der Waals surface area contributed by atoms with E-state index in [0.29, 0.717) is 10.1 Å². The molecule has 0 aliphatic carbocycles. The first kappa shape index (κ1) is 10.1. The summed E-state index contributed by atoms with van der Waals surface area (Å²) in [6.45, 7) is 1.44. The van der Waals surface area contributed by atoms with Crippen LogP contribution in [0.15, 0.2) is 17.3 Å². The van der Waals surface area contributed by atoms with Crippen molar-refractivity contribution < 1.29 is 4.74 Å². The molecule has 2 rings (SSSR count). The number of hydrogen-bond acceptors (Lipinski definition) is 3. The predicted molar refractivity (Wildman–Crippen MR) is 60.2 cm³/mol. The van der Waals surface area contributed by atoms with E-state index in [4.69, 9.17) is 4.74 Å². The maximum absolute atomic E-state index is 11.6. The molecule has 1 aliphatic heterocycles. The number of ether oxygens (including phenoxy) is 1. The molecule has 0 N–H and O–H groups in total. The number of halogens is 1. The Morgan fingerprint density at radius 1 is 1.71 bits per heavy atom. The van der Waals surface area contributed by atoms with Crippen LogP contribution in [-0.2, 0) is 11.3 Å². The van der Waals surface area contributed by atoms with E-state index in [2.05, 4.69) is 4.98 Å². The van der Waals surface area contributed by atoms with Crippen LogP contribution >= 0.6 is 22.6 Å². The summed E-state index contributed by atoms with van der Waals surface area (Å²) in [6.07, 6.45) is 5.48. The van der Waals surface area contributed by atoms with E-state index in [1.807, 2.05) is 22.6 Å². The Labute approximate surface area is 95.4 Å². The average Bonchev–Trinajstić information content (AvgIpc) is 2.66. The van der Waals surface area contributed by atoms with Gasteiger partial charge in [0.1, 0.15) is 0 Å². The van der Waals surface area contributed by atoms with Gasteiger partial charge in [-0.25, -0.2) is 4.98 Å². The highest BCUT2D eigenvalue weighted by Crippen LogP contribution is 2.12. The van der Waals surface area contributed by atoms with Crippen molar-refractivity contribution in [3.05, 3.63) is 26.4 Å². The first-order valence-corrected chi connectivity index (χ1v) is 5.67. The zero-order valence-corrected chi connectivity index (χ0v) is 9.81. The third kappa shape index (κ3) is 2.14. The molecule has 0 saturated carbocycles. The van der Waals surface area contributed by atoms with Crippen LogP contribution in [-0.4, -0.2) is 22.3 Å². The van der Waals surface area contributed by atoms with Crippen molar-refractivity contribution in [1.29, 1.82) is 0 Å². The van der Waals surface area contributed by atoms with Crippen LogP contribution in [0.25, 0.3) is 0 Å². The first-order valence-electron chi connectivity index (χ1n) is 4.59. The Balaban J connectivity index is 2.16. The quantitative estimate of drug-likeness (QED) is 0.767. The summed E-state index contributed by atoms with van der Waals surface area (Å²) in [6, 6.07) is 0. The van der Waals surface area contributed by atoms with Crippen LogP contribution in [0.2, 0.25) is 0 Å². The Kier molecular flexibility index (Phi) is 3.17. The van der Waals surface area contributed by atoms with Gasteiger partial charge in [0.25, 0.3) is 5.56 Å². The Hall–Kier alpha value is -0.430. The maximum atomic E-state index is 11.6. The molecule has 0 radical (unpaired) electrons. The summed E-state index contributed by atoms with van der Waals surface area (Å²) in [5.74, 6) is 0. The van der Waals surface area contributed by atoms with E-state index in [-0.39, 0.29) is 11.7 Å². The van der Waals surface area contributed by atoms with Gasteiger partial charge in [0.2, 0.25) is 0 Å². The van der Waals surface area contributed by atoms with Crippen LogP contribution in [0.5, 0.6) is 0 Å². The molecule has 1 unspecified atom stereocenters. The van der Waals surface area contributed by atoms with Gasteiger partial charge in [-0.1, -0.05) is 0 Å². The van der Waals surface area contributed by atoms with Crippen molar-refractivity contribution in [3.63, 3.8) is 0 Å². The molecule has 1 aromatic heterocycles. The van der Waals surface area contributed by atoms with Crippen molar-refractivity contribution in [3.8, 4) is 0 Å². The fraction of sp³-hybridized carbons (Fsp3) is 0.556. The summed E-state index contributed by atoms with van der Waals surface area (Å²) >= 11 is 2.00. The summed E-state index contributed by atoms with van der Waals surface area (Å²) in [5, 5.41) is 0. The molecule has 2 heterocycles. The molecule has 1 saturated heterocycles. The molecule has 4 nitrogen and oxygen atoms in total. The van der Waals surface area contributed by atoms with Crippen molar-refractivity contribution in [2.75, 3.05) is 6.61 Å². The average molecular weight is 306 g/mol. The molecule has 14 heavy (non-hydrogen) atoms. The number of hydrogen-bond donors (Lipinski definition) is 0. The highest BCUT2D eigenvalue weighted by Gasteiger charge is 2.16. The van der Waals surface area contributed by atoms with Gasteiger partial charge in [-0.15, -0.1) is 0 Å². The van der Waals surface area contributed by atoms with E-state index in [0.717, 1.165) is 19.4 Å². The summed E-state index contributed by atoms with van der Waals surface area (Å²) in [4.78, 5) is 15.6. The van der Waals surface area contributed by atoms with E-state index in [1.54, 1.807) is 17.1 Å². The fourth-order valence-electron chi connectivity index (χ4n) is 1.56. The van der Waals surface area contributed by atoms with Gasteiger partial charge in [-0.3, -0.25) is 9.36 Å². The molecule has 76 valence electrons. The van der Waals surface area contributed by atoms with E-state index in [9.17, 15) is 4.79 Å². The van der Waals surface area contributed by atoms with Crippen molar-refractivity contribution in [2.24, 2.45) is 0 Å². The van der Waals surface area contributed by atoms with Gasteiger partial charge < -0.3 is 4.74 Å². The predicted octanol–water partition coefficient (Wildman–Crippen LogP) is 1.03. The van der Waals surface area contributed by atoms with Gasteiger partial charge in [-0.2, -0.15) is 0 Å². The molecule has 1 atom stereocenters. The standard InChI is InChI=1S/C9H11IN2O2/c10-8-4-11-6-12(9(8)13)5-7-2-1-3-14-7/h4,6-7H,1-3,5H2. The van der Waals surface area contributed by atoms with Crippen LogP contribution in [0, 0.1) is 3.57 Å². The number of aromatic nitrogens is 2. The summed E-state index contributed by atoms with van der Waals surface area (Å²) in [5.41, 5.74) is 0.0242. The van der Waals surface area contributed by atoms with Gasteiger partial charge >= 0.3 is 0 Å². The van der Waals surface area contributed by atoms with E-state index in [1.165, 1.54) is 0 Å². The minimum Gasteiger partial charge on any atom is -0.376 e. The second-order valence-corrected chi connectivity index (χ2v) is 4.50. The largest absolute Gasteiger partial charge is 0.376 e. The second kappa shape index (κ2) is 4.39. The zero-order chi connectivity index (χ0) is 9.97. The number of rotatable bonds is 2. The molecular weight excluding hydrogens is 295 g/mol. The molecule has 5 heteroatoms. The third-order valence-electron chi connectivity index (χ3n) is 2.28. The highest BCUT2D eigenvalue weighted by atomic mass is 127. The third-order valence-corrected chi connectivity index (χ3v) is 3.02. The maximum Gasteiger partial charge on any atom is 0.266 e.